The first-order valence-corrected chi connectivity index (χ1v) is 25.4. The van der Waals surface area contributed by atoms with Crippen LogP contribution in [0.1, 0.15) is 290 Å². The molecule has 0 radical (unpaired) electrons. The molecule has 0 saturated carbocycles. The topological polar surface area (TPSA) is 69.6 Å². The van der Waals surface area contributed by atoms with Crippen LogP contribution in [0.4, 0.5) is 0 Å². The number of carbonyl (C=O) groups excluding carboxylic acids is 1. The molecule has 0 aliphatic heterocycles. The second-order valence-corrected chi connectivity index (χ2v) is 17.6. The number of hydrogen-bond donors (Lipinski definition) is 3. The Hall–Kier alpha value is -0.870. The zero-order valence-electron chi connectivity index (χ0n) is 37.7. The maximum atomic E-state index is 12.4. The van der Waals surface area contributed by atoms with E-state index in [1.165, 1.54) is 244 Å². The summed E-state index contributed by atoms with van der Waals surface area (Å²) in [5.41, 5.74) is 0. The van der Waals surface area contributed by atoms with Crippen LogP contribution in [0.15, 0.2) is 12.2 Å². The summed E-state index contributed by atoms with van der Waals surface area (Å²) in [7, 11) is 0. The van der Waals surface area contributed by atoms with Crippen molar-refractivity contribution in [1.29, 1.82) is 0 Å². The summed E-state index contributed by atoms with van der Waals surface area (Å²) in [6.45, 7) is 4.34. The Kier molecular flexibility index (Phi) is 46.8. The molecule has 0 heterocycles. The van der Waals surface area contributed by atoms with Gasteiger partial charge in [-0.3, -0.25) is 4.79 Å². The molecule has 2 atom stereocenters. The standard InChI is InChI=1S/C51H101NO3/c1-3-5-7-9-11-13-15-17-19-21-23-24-25-26-27-28-29-30-32-34-36-38-40-42-44-46-50(54)49(48-53)52-51(55)47-45-43-41-39-37-35-33-31-22-20-18-16-14-12-10-8-6-4-2/h44,46,49-50,53-54H,3-43,45,47-48H2,1-2H3,(H,52,55)/b46-44+. The van der Waals surface area contributed by atoms with Crippen LogP contribution < -0.4 is 5.32 Å². The Morgan fingerprint density at radius 2 is 0.673 bits per heavy atom. The second-order valence-electron chi connectivity index (χ2n) is 17.6. The molecule has 0 spiro atoms. The van der Waals surface area contributed by atoms with Gasteiger partial charge in [-0.05, 0) is 19.3 Å². The van der Waals surface area contributed by atoms with E-state index in [-0.39, 0.29) is 12.5 Å². The van der Waals surface area contributed by atoms with Crippen molar-refractivity contribution >= 4 is 5.91 Å². The van der Waals surface area contributed by atoms with E-state index in [0.717, 1.165) is 25.7 Å². The van der Waals surface area contributed by atoms with Gasteiger partial charge in [0.1, 0.15) is 0 Å². The van der Waals surface area contributed by atoms with Crippen molar-refractivity contribution in [2.75, 3.05) is 6.61 Å². The van der Waals surface area contributed by atoms with Gasteiger partial charge >= 0.3 is 0 Å². The summed E-state index contributed by atoms with van der Waals surface area (Å²) in [5, 5.41) is 23.1. The number of carbonyl (C=O) groups is 1. The van der Waals surface area contributed by atoms with Crippen molar-refractivity contribution in [3.63, 3.8) is 0 Å². The highest BCUT2D eigenvalue weighted by Gasteiger charge is 2.18. The lowest BCUT2D eigenvalue weighted by atomic mass is 10.0. The summed E-state index contributed by atoms with van der Waals surface area (Å²) in [6.07, 6.45) is 60.6. The first-order chi connectivity index (χ1) is 27.2. The lowest BCUT2D eigenvalue weighted by Gasteiger charge is -2.20. The van der Waals surface area contributed by atoms with E-state index < -0.39 is 12.1 Å². The lowest BCUT2D eigenvalue weighted by molar-refractivity contribution is -0.123. The Labute approximate surface area is 346 Å². The minimum atomic E-state index is -0.834. The van der Waals surface area contributed by atoms with Crippen molar-refractivity contribution in [3.05, 3.63) is 12.2 Å². The van der Waals surface area contributed by atoms with Crippen LogP contribution in [0.5, 0.6) is 0 Å². The van der Waals surface area contributed by atoms with Crippen LogP contribution in [-0.4, -0.2) is 34.9 Å². The van der Waals surface area contributed by atoms with Crippen LogP contribution in [-0.2, 0) is 4.79 Å². The van der Waals surface area contributed by atoms with Gasteiger partial charge in [0.2, 0.25) is 5.91 Å². The van der Waals surface area contributed by atoms with E-state index in [1.54, 1.807) is 6.08 Å². The number of rotatable bonds is 47. The lowest BCUT2D eigenvalue weighted by Crippen LogP contribution is -2.45. The molecule has 0 aromatic heterocycles. The molecule has 1 amide bonds. The third-order valence-corrected chi connectivity index (χ3v) is 12.0. The number of amides is 1. The molecule has 0 aromatic carbocycles. The maximum Gasteiger partial charge on any atom is 0.220 e. The van der Waals surface area contributed by atoms with Crippen molar-refractivity contribution in [1.82, 2.24) is 5.32 Å². The Balaban J connectivity index is 3.47. The average Bonchev–Trinajstić information content (AvgIpc) is 3.19. The summed E-state index contributed by atoms with van der Waals surface area (Å²) in [4.78, 5) is 12.4. The van der Waals surface area contributed by atoms with Gasteiger partial charge in [0.15, 0.2) is 0 Å². The Bertz CT molecular complexity index is 754. The van der Waals surface area contributed by atoms with E-state index in [0.29, 0.717) is 6.42 Å². The first-order valence-electron chi connectivity index (χ1n) is 25.4. The number of aliphatic hydroxyl groups is 2. The summed E-state index contributed by atoms with van der Waals surface area (Å²) < 4.78 is 0. The number of allylic oxidation sites excluding steroid dienone is 1. The third-order valence-electron chi connectivity index (χ3n) is 12.0. The molecule has 3 N–H and O–H groups in total. The van der Waals surface area contributed by atoms with Gasteiger partial charge in [-0.1, -0.05) is 276 Å². The predicted octanol–water partition coefficient (Wildman–Crippen LogP) is 16.2. The van der Waals surface area contributed by atoms with Gasteiger partial charge in [-0.15, -0.1) is 0 Å². The van der Waals surface area contributed by atoms with Gasteiger partial charge in [0.05, 0.1) is 18.8 Å². The highest BCUT2D eigenvalue weighted by Crippen LogP contribution is 2.17. The molecule has 2 unspecified atom stereocenters. The SMILES string of the molecule is CCCCCCCCCCCCCCCCCCCCCCCCC/C=C/C(O)C(CO)NC(=O)CCCCCCCCCCCCCCCCCCCC. The van der Waals surface area contributed by atoms with Crippen molar-refractivity contribution < 1.29 is 15.0 Å². The molecule has 4 nitrogen and oxygen atoms in total. The fourth-order valence-corrected chi connectivity index (χ4v) is 8.12. The molecule has 0 rings (SSSR count). The fraction of sp³-hybridized carbons (Fsp3) is 0.941. The monoisotopic (exact) mass is 776 g/mol. The van der Waals surface area contributed by atoms with Gasteiger partial charge in [-0.25, -0.2) is 0 Å². The highest BCUT2D eigenvalue weighted by atomic mass is 16.3. The smallest absolute Gasteiger partial charge is 0.220 e. The number of unbranched alkanes of at least 4 members (excludes halogenated alkanes) is 40. The highest BCUT2D eigenvalue weighted by molar-refractivity contribution is 5.76. The molecule has 0 aliphatic rings. The van der Waals surface area contributed by atoms with E-state index >= 15 is 0 Å². The average molecular weight is 776 g/mol. The molecule has 328 valence electrons. The van der Waals surface area contributed by atoms with E-state index in [1.807, 2.05) is 6.08 Å². The van der Waals surface area contributed by atoms with Gasteiger partial charge in [0.25, 0.3) is 0 Å². The summed E-state index contributed by atoms with van der Waals surface area (Å²) >= 11 is 0. The Morgan fingerprint density at radius 3 is 0.945 bits per heavy atom. The molecule has 55 heavy (non-hydrogen) atoms. The molecular weight excluding hydrogens is 675 g/mol. The van der Waals surface area contributed by atoms with E-state index in [4.69, 9.17) is 0 Å². The molecule has 0 saturated heterocycles. The molecule has 0 aromatic rings. The van der Waals surface area contributed by atoms with Crippen LogP contribution in [0.25, 0.3) is 0 Å². The summed E-state index contributed by atoms with van der Waals surface area (Å²) in [5.74, 6) is -0.0576. The quantitative estimate of drug-likeness (QED) is 0.0426. The van der Waals surface area contributed by atoms with Crippen LogP contribution in [0.3, 0.4) is 0 Å². The van der Waals surface area contributed by atoms with Gasteiger partial charge in [-0.2, -0.15) is 0 Å². The maximum absolute atomic E-state index is 12.4. The van der Waals surface area contributed by atoms with Gasteiger partial charge < -0.3 is 15.5 Å². The van der Waals surface area contributed by atoms with Crippen LogP contribution >= 0.6 is 0 Å². The van der Waals surface area contributed by atoms with Crippen LogP contribution in [0.2, 0.25) is 0 Å². The molecule has 0 aliphatic carbocycles. The molecule has 0 bridgehead atoms. The van der Waals surface area contributed by atoms with E-state index in [2.05, 4.69) is 19.2 Å². The molecular formula is C51H101NO3. The number of nitrogens with one attached hydrogen (secondary N) is 1. The van der Waals surface area contributed by atoms with Crippen molar-refractivity contribution in [2.45, 2.75) is 302 Å². The molecule has 0 fully saturated rings. The van der Waals surface area contributed by atoms with Crippen LogP contribution in [0, 0.1) is 0 Å². The fourth-order valence-electron chi connectivity index (χ4n) is 8.12. The minimum absolute atomic E-state index is 0.0576. The Morgan fingerprint density at radius 1 is 0.418 bits per heavy atom. The number of hydrogen-bond acceptors (Lipinski definition) is 3. The largest absolute Gasteiger partial charge is 0.394 e. The van der Waals surface area contributed by atoms with E-state index in [9.17, 15) is 15.0 Å². The predicted molar refractivity (Wildman–Crippen MR) is 244 cm³/mol. The minimum Gasteiger partial charge on any atom is -0.394 e. The summed E-state index contributed by atoms with van der Waals surface area (Å²) in [6, 6.07) is -0.617. The van der Waals surface area contributed by atoms with Gasteiger partial charge in [0, 0.05) is 6.42 Å². The second kappa shape index (κ2) is 47.5. The van der Waals surface area contributed by atoms with Crippen molar-refractivity contribution in [3.8, 4) is 0 Å². The molecule has 4 heteroatoms. The zero-order valence-corrected chi connectivity index (χ0v) is 37.7. The third kappa shape index (κ3) is 44.1. The zero-order chi connectivity index (χ0) is 40.0. The normalized spacial score (nSPS) is 12.9. The number of aliphatic hydroxyl groups excluding tert-OH is 2. The first kappa shape index (κ1) is 54.1. The van der Waals surface area contributed by atoms with Crippen molar-refractivity contribution in [2.24, 2.45) is 0 Å².